The fraction of sp³-hybridized carbons (Fsp3) is 0.304. The monoisotopic (exact) mass is 376 g/mol. The fourth-order valence-electron chi connectivity index (χ4n) is 4.32. The number of carboxylic acids is 1. The van der Waals surface area contributed by atoms with E-state index in [2.05, 4.69) is 11.5 Å². The standard InChI is InChI=1S/C23H24N2O3/c1-2-24-16-19(18-10-6-7-11-20(18)24)21(26)25-14-12-23(13-15-25,22(27)28)17-8-4-3-5-9-17/h3-11,16H,2,12-15H2,1H3,(H,27,28). The van der Waals surface area contributed by atoms with Crippen molar-refractivity contribution in [2.75, 3.05) is 13.1 Å². The Kier molecular flexibility index (Phi) is 4.67. The van der Waals surface area contributed by atoms with Gasteiger partial charge in [-0.25, -0.2) is 0 Å². The van der Waals surface area contributed by atoms with Gasteiger partial charge in [0.05, 0.1) is 11.0 Å². The molecule has 0 saturated carbocycles. The second-order valence-corrected chi connectivity index (χ2v) is 7.39. The van der Waals surface area contributed by atoms with Crippen LogP contribution in [0.2, 0.25) is 0 Å². The summed E-state index contributed by atoms with van der Waals surface area (Å²) in [5, 5.41) is 10.9. The zero-order valence-electron chi connectivity index (χ0n) is 16.0. The molecule has 5 heteroatoms. The number of aryl methyl sites for hydroxylation is 1. The lowest BCUT2D eigenvalue weighted by atomic mass is 9.73. The molecule has 1 amide bonds. The number of likely N-dealkylation sites (tertiary alicyclic amines) is 1. The van der Waals surface area contributed by atoms with E-state index in [0.717, 1.165) is 23.0 Å². The van der Waals surface area contributed by atoms with Crippen LogP contribution in [0, 0.1) is 0 Å². The smallest absolute Gasteiger partial charge is 0.314 e. The van der Waals surface area contributed by atoms with E-state index in [0.29, 0.717) is 31.5 Å². The van der Waals surface area contributed by atoms with E-state index in [9.17, 15) is 14.7 Å². The third-order valence-electron chi connectivity index (χ3n) is 6.00. The van der Waals surface area contributed by atoms with Crippen LogP contribution in [0.1, 0.15) is 35.7 Å². The largest absolute Gasteiger partial charge is 0.481 e. The number of amides is 1. The molecule has 4 rings (SSSR count). The van der Waals surface area contributed by atoms with Gasteiger partial charge in [-0.1, -0.05) is 48.5 Å². The molecule has 0 aliphatic carbocycles. The van der Waals surface area contributed by atoms with Gasteiger partial charge in [0.2, 0.25) is 0 Å². The summed E-state index contributed by atoms with van der Waals surface area (Å²) in [6.45, 7) is 3.73. The quantitative estimate of drug-likeness (QED) is 0.751. The second-order valence-electron chi connectivity index (χ2n) is 7.39. The van der Waals surface area contributed by atoms with Gasteiger partial charge in [0.15, 0.2) is 0 Å². The molecule has 0 bridgehead atoms. The third-order valence-corrected chi connectivity index (χ3v) is 6.00. The van der Waals surface area contributed by atoms with Crippen LogP contribution in [-0.2, 0) is 16.8 Å². The number of carboxylic acid groups (broad SMARTS) is 1. The molecule has 0 atom stereocenters. The molecule has 3 aromatic rings. The van der Waals surface area contributed by atoms with Gasteiger partial charge in [-0.3, -0.25) is 9.59 Å². The van der Waals surface area contributed by atoms with Gasteiger partial charge >= 0.3 is 5.97 Å². The molecule has 1 aliphatic rings. The van der Waals surface area contributed by atoms with Crippen molar-refractivity contribution >= 4 is 22.8 Å². The Hall–Kier alpha value is -3.08. The number of hydrogen-bond acceptors (Lipinski definition) is 2. The molecule has 0 unspecified atom stereocenters. The number of fused-ring (bicyclic) bond motifs is 1. The molecule has 0 spiro atoms. The fourth-order valence-corrected chi connectivity index (χ4v) is 4.32. The molecule has 1 saturated heterocycles. The molecular formula is C23H24N2O3. The van der Waals surface area contributed by atoms with Crippen molar-refractivity contribution < 1.29 is 14.7 Å². The van der Waals surface area contributed by atoms with Crippen LogP contribution in [0.5, 0.6) is 0 Å². The van der Waals surface area contributed by atoms with Gasteiger partial charge in [-0.15, -0.1) is 0 Å². The zero-order chi connectivity index (χ0) is 19.7. The maximum atomic E-state index is 13.2. The van der Waals surface area contributed by atoms with Crippen LogP contribution in [0.4, 0.5) is 0 Å². The topological polar surface area (TPSA) is 62.5 Å². The Balaban J connectivity index is 1.60. The Morgan fingerprint density at radius 3 is 2.29 bits per heavy atom. The normalized spacial score (nSPS) is 16.2. The molecule has 2 aromatic carbocycles. The van der Waals surface area contributed by atoms with Gasteiger partial charge in [0.1, 0.15) is 0 Å². The molecule has 2 heterocycles. The Bertz CT molecular complexity index is 1010. The number of nitrogens with zero attached hydrogens (tertiary/aromatic N) is 2. The van der Waals surface area contributed by atoms with Crippen molar-refractivity contribution in [3.63, 3.8) is 0 Å². The molecule has 28 heavy (non-hydrogen) atoms. The lowest BCUT2D eigenvalue weighted by Crippen LogP contribution is -2.49. The number of hydrogen-bond donors (Lipinski definition) is 1. The van der Waals surface area contributed by atoms with Crippen LogP contribution in [0.3, 0.4) is 0 Å². The third kappa shape index (κ3) is 2.87. The van der Waals surface area contributed by atoms with Crippen molar-refractivity contribution in [2.24, 2.45) is 0 Å². The lowest BCUT2D eigenvalue weighted by molar-refractivity contribution is -0.145. The summed E-state index contributed by atoms with van der Waals surface area (Å²) in [4.78, 5) is 27.2. The van der Waals surface area contributed by atoms with Gasteiger partial charge < -0.3 is 14.6 Å². The maximum Gasteiger partial charge on any atom is 0.314 e. The lowest BCUT2D eigenvalue weighted by Gasteiger charge is -2.39. The van der Waals surface area contributed by atoms with E-state index in [1.807, 2.05) is 60.8 Å². The molecule has 1 aliphatic heterocycles. The zero-order valence-corrected chi connectivity index (χ0v) is 16.0. The van der Waals surface area contributed by atoms with Crippen LogP contribution < -0.4 is 0 Å². The maximum absolute atomic E-state index is 13.2. The number of piperidine rings is 1. The molecule has 1 aromatic heterocycles. The van der Waals surface area contributed by atoms with Crippen molar-refractivity contribution in [2.45, 2.75) is 31.7 Å². The first-order valence-electron chi connectivity index (χ1n) is 9.73. The van der Waals surface area contributed by atoms with E-state index in [1.165, 1.54) is 0 Å². The Labute approximate surface area is 164 Å². The van der Waals surface area contributed by atoms with Crippen molar-refractivity contribution in [1.29, 1.82) is 0 Å². The summed E-state index contributed by atoms with van der Waals surface area (Å²) >= 11 is 0. The summed E-state index contributed by atoms with van der Waals surface area (Å²) in [7, 11) is 0. The number of benzene rings is 2. The number of para-hydroxylation sites is 1. The van der Waals surface area contributed by atoms with Gasteiger partial charge in [-0.2, -0.15) is 0 Å². The average Bonchev–Trinajstić information content (AvgIpc) is 3.12. The highest BCUT2D eigenvalue weighted by Gasteiger charge is 2.44. The SMILES string of the molecule is CCn1cc(C(=O)N2CCC(C(=O)O)(c3ccccc3)CC2)c2ccccc21. The van der Waals surface area contributed by atoms with E-state index >= 15 is 0 Å². The Morgan fingerprint density at radius 1 is 1.00 bits per heavy atom. The number of rotatable bonds is 4. The molecular weight excluding hydrogens is 352 g/mol. The van der Waals surface area contributed by atoms with E-state index in [1.54, 1.807) is 4.90 Å². The summed E-state index contributed by atoms with van der Waals surface area (Å²) in [6.07, 6.45) is 2.76. The minimum absolute atomic E-state index is 0.0181. The number of aromatic nitrogens is 1. The summed E-state index contributed by atoms with van der Waals surface area (Å²) in [5.74, 6) is -0.830. The minimum Gasteiger partial charge on any atom is -0.481 e. The highest BCUT2D eigenvalue weighted by molar-refractivity contribution is 6.07. The first-order chi connectivity index (χ1) is 13.6. The van der Waals surface area contributed by atoms with Gasteiger partial charge in [0.25, 0.3) is 5.91 Å². The number of aliphatic carboxylic acids is 1. The predicted octanol–water partition coefficient (Wildman–Crippen LogP) is 3.92. The highest BCUT2D eigenvalue weighted by atomic mass is 16.4. The van der Waals surface area contributed by atoms with Crippen molar-refractivity contribution in [3.05, 3.63) is 71.9 Å². The molecule has 5 nitrogen and oxygen atoms in total. The predicted molar refractivity (Wildman–Crippen MR) is 109 cm³/mol. The van der Waals surface area contributed by atoms with E-state index in [-0.39, 0.29) is 5.91 Å². The first kappa shape index (κ1) is 18.3. The average molecular weight is 376 g/mol. The van der Waals surface area contributed by atoms with Crippen LogP contribution in [0.15, 0.2) is 60.8 Å². The molecule has 1 N–H and O–H groups in total. The van der Waals surface area contributed by atoms with Crippen molar-refractivity contribution in [1.82, 2.24) is 9.47 Å². The number of carbonyl (C=O) groups excluding carboxylic acids is 1. The van der Waals surface area contributed by atoms with Crippen LogP contribution in [-0.4, -0.2) is 39.5 Å². The van der Waals surface area contributed by atoms with Crippen LogP contribution in [0.25, 0.3) is 10.9 Å². The minimum atomic E-state index is -0.921. The van der Waals surface area contributed by atoms with Gasteiger partial charge in [-0.05, 0) is 31.4 Å². The van der Waals surface area contributed by atoms with Crippen LogP contribution >= 0.6 is 0 Å². The highest BCUT2D eigenvalue weighted by Crippen LogP contribution is 2.36. The summed E-state index contributed by atoms with van der Waals surface area (Å²) in [5.41, 5.74) is 1.64. The summed E-state index contributed by atoms with van der Waals surface area (Å²) in [6, 6.07) is 17.3. The molecule has 1 fully saturated rings. The van der Waals surface area contributed by atoms with E-state index < -0.39 is 11.4 Å². The molecule has 0 radical (unpaired) electrons. The van der Waals surface area contributed by atoms with Gasteiger partial charge in [0, 0.05) is 36.7 Å². The Morgan fingerprint density at radius 2 is 1.64 bits per heavy atom. The number of carbonyl (C=O) groups is 2. The molecule has 144 valence electrons. The van der Waals surface area contributed by atoms with E-state index in [4.69, 9.17) is 0 Å². The first-order valence-corrected chi connectivity index (χ1v) is 9.73. The summed E-state index contributed by atoms with van der Waals surface area (Å²) < 4.78 is 2.08. The van der Waals surface area contributed by atoms with Crippen molar-refractivity contribution in [3.8, 4) is 0 Å². The second kappa shape index (κ2) is 7.15.